The summed E-state index contributed by atoms with van der Waals surface area (Å²) in [6.45, 7) is 15.7. The molecule has 0 bridgehead atoms. The molecule has 1 aliphatic heterocycles. The molecule has 3 heterocycles. The molecule has 1 fully saturated rings. The maximum Gasteiger partial charge on any atom is 0.335 e. The van der Waals surface area contributed by atoms with E-state index in [9.17, 15) is 13.2 Å². The lowest BCUT2D eigenvalue weighted by molar-refractivity contribution is -0.0425. The lowest BCUT2D eigenvalue weighted by atomic mass is 10.2. The van der Waals surface area contributed by atoms with Gasteiger partial charge in [0.15, 0.2) is 11.9 Å². The first kappa shape index (κ1) is 33.3. The average Bonchev–Trinajstić information content (AvgIpc) is 3.42. The number of ether oxygens (including phenoxy) is 1. The van der Waals surface area contributed by atoms with Crippen LogP contribution in [0.3, 0.4) is 0 Å². The van der Waals surface area contributed by atoms with Crippen molar-refractivity contribution in [3.63, 3.8) is 0 Å². The molecule has 0 unspecified atom stereocenters. The first-order valence-electron chi connectivity index (χ1n) is 13.4. The molecule has 17 heteroatoms. The van der Waals surface area contributed by atoms with Crippen LogP contribution in [0.15, 0.2) is 11.4 Å². The van der Waals surface area contributed by atoms with Crippen molar-refractivity contribution in [1.82, 2.24) is 19.7 Å². The van der Waals surface area contributed by atoms with Crippen LogP contribution in [0.5, 0.6) is 0 Å². The highest BCUT2D eigenvalue weighted by Crippen LogP contribution is 2.45. The number of fused-ring (bicyclic) bond motifs is 1. The Bertz CT molecular complexity index is 1260. The van der Waals surface area contributed by atoms with E-state index in [1.807, 2.05) is 61.6 Å². The summed E-state index contributed by atoms with van der Waals surface area (Å²) >= 11 is 1.40. The van der Waals surface area contributed by atoms with E-state index >= 15 is 0 Å². The summed E-state index contributed by atoms with van der Waals surface area (Å²) in [4.78, 5) is 20.3. The lowest BCUT2D eigenvalue weighted by Crippen LogP contribution is -2.61. The fraction of sp³-hybridized carbons (Fsp3) is 0.783. The first-order valence-corrected chi connectivity index (χ1v) is 20.1. The van der Waals surface area contributed by atoms with Crippen molar-refractivity contribution in [1.29, 1.82) is 0 Å². The zero-order valence-corrected chi connectivity index (χ0v) is 28.3. The van der Waals surface area contributed by atoms with Gasteiger partial charge >= 0.3 is 27.4 Å². The van der Waals surface area contributed by atoms with Crippen LogP contribution < -0.4 is 10.9 Å². The number of nitrogens with zero attached hydrogens (tertiary/aromatic N) is 4. The number of rotatable bonds is 13. The second-order valence-corrected chi connectivity index (χ2v) is 22.0. The van der Waals surface area contributed by atoms with Gasteiger partial charge in [0.05, 0.1) is 18.1 Å². The zero-order chi connectivity index (χ0) is 30.2. The van der Waals surface area contributed by atoms with Crippen molar-refractivity contribution >= 4 is 56.0 Å². The van der Waals surface area contributed by atoms with Crippen molar-refractivity contribution in [2.45, 2.75) is 107 Å². The molecular weight excluding hydrogens is 593 g/mol. The van der Waals surface area contributed by atoms with Gasteiger partial charge in [0.25, 0.3) is 0 Å². The molecule has 0 spiro atoms. The standard InChI is InChI=1S/C23H44N6O7S2Si2/c1-13(2)39(32,14(3)4)36-40(15(5)6,16(7)8)35-17-10-19(34-18(17)11-33-38(25,30)31)29-22-20(23(28-29)37-9)21(24)26-12-27-22/h12-19,32H,10-11H2,1-9H3,(H2,24,26,27)(H2,25,30,31)/t17-,18-,19+/m0/s1. The number of nitrogens with two attached hydrogens (primary N) is 2. The Hall–Kier alpha value is -1.16. The van der Waals surface area contributed by atoms with Gasteiger partial charge in [0.1, 0.15) is 23.3 Å². The minimum Gasteiger partial charge on any atom is -0.414 e. The van der Waals surface area contributed by atoms with E-state index < -0.39 is 45.9 Å². The molecule has 0 amide bonds. The monoisotopic (exact) mass is 636 g/mol. The third kappa shape index (κ3) is 6.73. The maximum absolute atomic E-state index is 11.8. The third-order valence-corrected chi connectivity index (χ3v) is 18.4. The number of thioether (sulfide) groups is 1. The lowest BCUT2D eigenvalue weighted by Gasteiger charge is -2.47. The van der Waals surface area contributed by atoms with Gasteiger partial charge in [-0.25, -0.2) is 19.8 Å². The SMILES string of the molecule is CSc1nn([C@H]2C[C@H](O[Si](O[Si](O)(C(C)C)C(C)C)(C(C)C)C(C)C)[C@H](COS(N)(=O)=O)O2)c2ncnc(N)c12. The van der Waals surface area contributed by atoms with Gasteiger partial charge in [-0.2, -0.15) is 13.5 Å². The normalized spacial score (nSPS) is 21.1. The van der Waals surface area contributed by atoms with Gasteiger partial charge < -0.3 is 23.8 Å². The minimum absolute atomic E-state index is 0.0379. The Morgan fingerprint density at radius 2 is 1.73 bits per heavy atom. The largest absolute Gasteiger partial charge is 0.414 e. The molecule has 13 nitrogen and oxygen atoms in total. The summed E-state index contributed by atoms with van der Waals surface area (Å²) in [7, 11) is -10.6. The van der Waals surface area contributed by atoms with Gasteiger partial charge in [-0.05, 0) is 28.4 Å². The molecule has 2 aromatic heterocycles. The average molecular weight is 637 g/mol. The number of hydrogen-bond donors (Lipinski definition) is 3. The van der Waals surface area contributed by atoms with Gasteiger partial charge in [-0.1, -0.05) is 55.4 Å². The zero-order valence-electron chi connectivity index (χ0n) is 24.7. The van der Waals surface area contributed by atoms with Gasteiger partial charge in [-0.3, -0.25) is 4.18 Å². The highest BCUT2D eigenvalue weighted by Gasteiger charge is 2.57. The molecule has 3 atom stereocenters. The van der Waals surface area contributed by atoms with E-state index in [0.29, 0.717) is 28.3 Å². The predicted molar refractivity (Wildman–Crippen MR) is 159 cm³/mol. The Morgan fingerprint density at radius 3 is 2.23 bits per heavy atom. The van der Waals surface area contributed by atoms with Crippen LogP contribution >= 0.6 is 11.8 Å². The van der Waals surface area contributed by atoms with Gasteiger partial charge in [-0.15, -0.1) is 11.8 Å². The Labute approximate surface area is 243 Å². The van der Waals surface area contributed by atoms with E-state index in [0.717, 1.165) is 0 Å². The molecule has 3 rings (SSSR count). The Balaban J connectivity index is 2.06. The summed E-state index contributed by atoms with van der Waals surface area (Å²) in [5.41, 5.74) is 6.41. The van der Waals surface area contributed by atoms with E-state index in [4.69, 9.17) is 28.3 Å². The van der Waals surface area contributed by atoms with Crippen molar-refractivity contribution in [3.8, 4) is 0 Å². The van der Waals surface area contributed by atoms with E-state index in [1.165, 1.54) is 18.1 Å². The molecule has 40 heavy (non-hydrogen) atoms. The van der Waals surface area contributed by atoms with Gasteiger partial charge in [0, 0.05) is 6.42 Å². The molecular formula is C23H44N6O7S2Si2. The Morgan fingerprint density at radius 1 is 1.12 bits per heavy atom. The van der Waals surface area contributed by atoms with Crippen molar-refractivity contribution in [2.75, 3.05) is 18.6 Å². The quantitative estimate of drug-likeness (QED) is 0.215. The van der Waals surface area contributed by atoms with Crippen LogP contribution in [0.4, 0.5) is 5.82 Å². The molecule has 1 aliphatic rings. The van der Waals surface area contributed by atoms with Crippen LogP contribution in [-0.4, -0.2) is 75.2 Å². The molecule has 0 aromatic carbocycles. The summed E-state index contributed by atoms with van der Waals surface area (Å²) in [5, 5.41) is 11.1. The van der Waals surface area contributed by atoms with Gasteiger partial charge in [0.2, 0.25) is 0 Å². The molecule has 0 aliphatic carbocycles. The maximum atomic E-state index is 11.8. The highest BCUT2D eigenvalue weighted by atomic mass is 32.2. The topological polar surface area (TPSA) is 187 Å². The second kappa shape index (κ2) is 12.6. The van der Waals surface area contributed by atoms with Crippen LogP contribution in [0.1, 0.15) is 68.0 Å². The Kier molecular flexibility index (Phi) is 10.5. The van der Waals surface area contributed by atoms with Crippen LogP contribution in [0.25, 0.3) is 11.0 Å². The third-order valence-electron chi connectivity index (χ3n) is 7.45. The van der Waals surface area contributed by atoms with Crippen molar-refractivity contribution in [2.24, 2.45) is 5.14 Å². The van der Waals surface area contributed by atoms with E-state index in [-0.39, 0.29) is 28.8 Å². The summed E-state index contributed by atoms with van der Waals surface area (Å²) in [5.74, 6) is 0.298. The van der Waals surface area contributed by atoms with Crippen molar-refractivity contribution in [3.05, 3.63) is 6.33 Å². The molecule has 0 saturated carbocycles. The summed E-state index contributed by atoms with van der Waals surface area (Å²) < 4.78 is 50.2. The predicted octanol–water partition coefficient (Wildman–Crippen LogP) is 3.56. The molecule has 2 aromatic rings. The number of hydrogen-bond acceptors (Lipinski definition) is 12. The fourth-order valence-corrected chi connectivity index (χ4v) is 16.0. The summed E-state index contributed by atoms with van der Waals surface area (Å²) in [6, 6.07) is 0. The van der Waals surface area contributed by atoms with Crippen LogP contribution in [0.2, 0.25) is 22.2 Å². The van der Waals surface area contributed by atoms with Crippen molar-refractivity contribution < 1.29 is 30.7 Å². The summed E-state index contributed by atoms with van der Waals surface area (Å²) in [6.07, 6.45) is 1.40. The molecule has 0 radical (unpaired) electrons. The first-order chi connectivity index (χ1) is 18.5. The second-order valence-electron chi connectivity index (χ2n) is 11.4. The highest BCUT2D eigenvalue weighted by molar-refractivity contribution is 7.98. The van der Waals surface area contributed by atoms with Crippen LogP contribution in [0, 0.1) is 0 Å². The van der Waals surface area contributed by atoms with E-state index in [2.05, 4.69) is 15.1 Å². The molecule has 228 valence electrons. The number of nitrogen functional groups attached to an aromatic ring is 1. The molecule has 1 saturated heterocycles. The van der Waals surface area contributed by atoms with E-state index in [1.54, 1.807) is 4.68 Å². The minimum atomic E-state index is -4.24. The van der Waals surface area contributed by atoms with Crippen LogP contribution in [-0.2, 0) is 27.8 Å². The number of aromatic nitrogens is 4. The smallest absolute Gasteiger partial charge is 0.335 e. The fourth-order valence-electron chi connectivity index (χ4n) is 5.19. The number of anilines is 1. The molecule has 5 N–H and O–H groups in total.